The normalized spacial score (nSPS) is 14.2. The highest BCUT2D eigenvalue weighted by Crippen LogP contribution is 2.17. The quantitative estimate of drug-likeness (QED) is 0.852. The topological polar surface area (TPSA) is 87.7 Å². The number of hydrogen-bond acceptors (Lipinski definition) is 4. The Labute approximate surface area is 163 Å². The zero-order valence-electron chi connectivity index (χ0n) is 15.7. The number of likely N-dealkylation sites (tertiary alicyclic amines) is 1. The molecule has 0 aliphatic carbocycles. The molecule has 3 rings (SSSR count). The Hall–Kier alpha value is -3.35. The fourth-order valence-corrected chi connectivity index (χ4v) is 3.13. The van der Waals surface area contributed by atoms with E-state index < -0.39 is 6.09 Å². The van der Waals surface area contributed by atoms with Crippen molar-refractivity contribution in [2.75, 3.05) is 18.4 Å². The SMILES string of the molecule is CC(=O)Nc1cccc(C(=O)N2CCC(NC(=O)Oc3ccccc3)CC2)c1. The second-order valence-electron chi connectivity index (χ2n) is 6.68. The average molecular weight is 381 g/mol. The Balaban J connectivity index is 1.50. The van der Waals surface area contributed by atoms with Crippen LogP contribution >= 0.6 is 0 Å². The Bertz CT molecular complexity index is 846. The summed E-state index contributed by atoms with van der Waals surface area (Å²) in [6.45, 7) is 2.51. The molecule has 2 aromatic rings. The highest BCUT2D eigenvalue weighted by Gasteiger charge is 2.25. The minimum absolute atomic E-state index is 0.0361. The van der Waals surface area contributed by atoms with E-state index in [9.17, 15) is 14.4 Å². The molecule has 1 saturated heterocycles. The molecule has 0 atom stereocenters. The summed E-state index contributed by atoms with van der Waals surface area (Å²) in [6, 6.07) is 15.7. The molecule has 7 nitrogen and oxygen atoms in total. The van der Waals surface area contributed by atoms with Crippen molar-refractivity contribution in [3.63, 3.8) is 0 Å². The van der Waals surface area contributed by atoms with Gasteiger partial charge in [-0.1, -0.05) is 24.3 Å². The van der Waals surface area contributed by atoms with Crippen LogP contribution in [0.2, 0.25) is 0 Å². The number of rotatable bonds is 4. The molecule has 7 heteroatoms. The Kier molecular flexibility index (Phi) is 6.26. The summed E-state index contributed by atoms with van der Waals surface area (Å²) >= 11 is 0. The van der Waals surface area contributed by atoms with Crippen molar-refractivity contribution in [2.24, 2.45) is 0 Å². The summed E-state index contributed by atoms with van der Waals surface area (Å²) in [5.41, 5.74) is 1.12. The van der Waals surface area contributed by atoms with Gasteiger partial charge >= 0.3 is 6.09 Å². The van der Waals surface area contributed by atoms with Gasteiger partial charge in [-0.05, 0) is 43.2 Å². The summed E-state index contributed by atoms with van der Waals surface area (Å²) in [5, 5.41) is 5.53. The van der Waals surface area contributed by atoms with Gasteiger partial charge < -0.3 is 20.3 Å². The van der Waals surface area contributed by atoms with Crippen LogP contribution in [0.5, 0.6) is 5.75 Å². The van der Waals surface area contributed by atoms with Gasteiger partial charge in [0.05, 0.1) is 0 Å². The molecule has 1 aliphatic rings. The number of hydrogen-bond donors (Lipinski definition) is 2. The fraction of sp³-hybridized carbons (Fsp3) is 0.286. The van der Waals surface area contributed by atoms with Crippen molar-refractivity contribution in [3.8, 4) is 5.75 Å². The van der Waals surface area contributed by atoms with Gasteiger partial charge in [-0.3, -0.25) is 9.59 Å². The van der Waals surface area contributed by atoms with Gasteiger partial charge in [0.15, 0.2) is 0 Å². The van der Waals surface area contributed by atoms with Gasteiger partial charge in [0.1, 0.15) is 5.75 Å². The molecule has 0 bridgehead atoms. The molecule has 146 valence electrons. The van der Waals surface area contributed by atoms with E-state index in [1.54, 1.807) is 53.4 Å². The van der Waals surface area contributed by atoms with Crippen LogP contribution in [0.4, 0.5) is 10.5 Å². The number of carbonyl (C=O) groups is 3. The first-order valence-corrected chi connectivity index (χ1v) is 9.21. The van der Waals surface area contributed by atoms with Crippen LogP contribution in [0.3, 0.4) is 0 Å². The largest absolute Gasteiger partial charge is 0.412 e. The molecule has 1 heterocycles. The minimum atomic E-state index is -0.487. The summed E-state index contributed by atoms with van der Waals surface area (Å²) in [5.74, 6) is 0.225. The van der Waals surface area contributed by atoms with Crippen molar-refractivity contribution in [1.29, 1.82) is 0 Å². The first-order chi connectivity index (χ1) is 13.5. The zero-order chi connectivity index (χ0) is 19.9. The first kappa shape index (κ1) is 19.4. The van der Waals surface area contributed by atoms with Gasteiger partial charge in [0, 0.05) is 37.3 Å². The molecule has 2 aromatic carbocycles. The van der Waals surface area contributed by atoms with Gasteiger partial charge in [0.25, 0.3) is 5.91 Å². The lowest BCUT2D eigenvalue weighted by Crippen LogP contribution is -2.47. The second kappa shape index (κ2) is 9.03. The molecule has 3 amide bonds. The number of benzene rings is 2. The molecule has 0 saturated carbocycles. The molecular formula is C21H23N3O4. The molecular weight excluding hydrogens is 358 g/mol. The number of nitrogens with one attached hydrogen (secondary N) is 2. The van der Waals surface area contributed by atoms with Crippen LogP contribution in [0.1, 0.15) is 30.1 Å². The molecule has 1 fully saturated rings. The van der Waals surface area contributed by atoms with Crippen molar-refractivity contribution >= 4 is 23.6 Å². The van der Waals surface area contributed by atoms with E-state index in [1.165, 1.54) is 6.92 Å². The van der Waals surface area contributed by atoms with Gasteiger partial charge in [-0.25, -0.2) is 4.79 Å². The zero-order valence-corrected chi connectivity index (χ0v) is 15.7. The van der Waals surface area contributed by atoms with Crippen molar-refractivity contribution in [1.82, 2.24) is 10.2 Å². The first-order valence-electron chi connectivity index (χ1n) is 9.21. The van der Waals surface area contributed by atoms with Crippen molar-refractivity contribution in [2.45, 2.75) is 25.8 Å². The van der Waals surface area contributed by atoms with Gasteiger partial charge in [-0.15, -0.1) is 0 Å². The number of ether oxygens (including phenoxy) is 1. The number of para-hydroxylation sites is 1. The summed E-state index contributed by atoms with van der Waals surface area (Å²) in [7, 11) is 0. The third kappa shape index (κ3) is 5.33. The van der Waals surface area contributed by atoms with Gasteiger partial charge in [-0.2, -0.15) is 0 Å². The summed E-state index contributed by atoms with van der Waals surface area (Å²) in [6.07, 6.45) is 0.821. The molecule has 0 spiro atoms. The molecule has 2 N–H and O–H groups in total. The highest BCUT2D eigenvalue weighted by molar-refractivity contribution is 5.96. The Morgan fingerprint density at radius 2 is 1.71 bits per heavy atom. The Morgan fingerprint density at radius 1 is 1.00 bits per heavy atom. The fourth-order valence-electron chi connectivity index (χ4n) is 3.13. The molecule has 0 aromatic heterocycles. The predicted molar refractivity (Wildman–Crippen MR) is 105 cm³/mol. The number of amides is 3. The maximum absolute atomic E-state index is 12.7. The standard InChI is InChI=1S/C21H23N3O4/c1-15(25)22-18-7-5-6-16(14-18)20(26)24-12-10-17(11-13-24)23-21(27)28-19-8-3-2-4-9-19/h2-9,14,17H,10-13H2,1H3,(H,22,25)(H,23,27). The molecule has 0 radical (unpaired) electrons. The Morgan fingerprint density at radius 3 is 2.39 bits per heavy atom. The van der Waals surface area contributed by atoms with Crippen LogP contribution < -0.4 is 15.4 Å². The lowest BCUT2D eigenvalue weighted by atomic mass is 10.0. The average Bonchev–Trinajstić information content (AvgIpc) is 2.68. The van der Waals surface area contributed by atoms with E-state index in [0.29, 0.717) is 42.9 Å². The summed E-state index contributed by atoms with van der Waals surface area (Å²) < 4.78 is 5.24. The third-order valence-electron chi connectivity index (χ3n) is 4.49. The van der Waals surface area contributed by atoms with E-state index in [1.807, 2.05) is 6.07 Å². The number of piperidine rings is 1. The molecule has 28 heavy (non-hydrogen) atoms. The molecule has 0 unspecified atom stereocenters. The van der Waals surface area contributed by atoms with Gasteiger partial charge in [0.2, 0.25) is 5.91 Å². The number of nitrogens with zero attached hydrogens (tertiary/aromatic N) is 1. The lowest BCUT2D eigenvalue weighted by molar-refractivity contribution is -0.114. The maximum Gasteiger partial charge on any atom is 0.412 e. The minimum Gasteiger partial charge on any atom is -0.410 e. The molecule has 1 aliphatic heterocycles. The number of carbonyl (C=O) groups excluding carboxylic acids is 3. The van der Waals surface area contributed by atoms with Crippen LogP contribution in [0, 0.1) is 0 Å². The second-order valence-corrected chi connectivity index (χ2v) is 6.68. The van der Waals surface area contributed by atoms with Crippen LogP contribution in [0.15, 0.2) is 54.6 Å². The predicted octanol–water partition coefficient (Wildman–Crippen LogP) is 3.04. The van der Waals surface area contributed by atoms with Crippen molar-refractivity contribution < 1.29 is 19.1 Å². The third-order valence-corrected chi connectivity index (χ3v) is 4.49. The monoisotopic (exact) mass is 381 g/mol. The van der Waals surface area contributed by atoms with E-state index in [0.717, 1.165) is 0 Å². The highest BCUT2D eigenvalue weighted by atomic mass is 16.6. The van der Waals surface area contributed by atoms with E-state index in [-0.39, 0.29) is 17.9 Å². The summed E-state index contributed by atoms with van der Waals surface area (Å²) in [4.78, 5) is 37.6. The van der Waals surface area contributed by atoms with Crippen molar-refractivity contribution in [3.05, 3.63) is 60.2 Å². The lowest BCUT2D eigenvalue weighted by Gasteiger charge is -2.32. The van der Waals surface area contributed by atoms with E-state index in [4.69, 9.17) is 4.74 Å². The van der Waals surface area contributed by atoms with Crippen LogP contribution in [-0.2, 0) is 4.79 Å². The van der Waals surface area contributed by atoms with E-state index in [2.05, 4.69) is 10.6 Å². The number of anilines is 1. The van der Waals surface area contributed by atoms with Crippen LogP contribution in [0.25, 0.3) is 0 Å². The van der Waals surface area contributed by atoms with Crippen LogP contribution in [-0.4, -0.2) is 41.9 Å². The smallest absolute Gasteiger partial charge is 0.410 e. The maximum atomic E-state index is 12.7. The van der Waals surface area contributed by atoms with E-state index >= 15 is 0 Å².